The van der Waals surface area contributed by atoms with E-state index in [-0.39, 0.29) is 0 Å². The summed E-state index contributed by atoms with van der Waals surface area (Å²) in [6.07, 6.45) is 5.35. The van der Waals surface area contributed by atoms with Crippen LogP contribution in [0.25, 0.3) is 78.1 Å². The summed E-state index contributed by atoms with van der Waals surface area (Å²) in [6.45, 7) is 7.94. The number of nitrogens with zero attached hydrogens (tertiary/aromatic N) is 5. The first kappa shape index (κ1) is 33.0. The summed E-state index contributed by atoms with van der Waals surface area (Å²) in [5.41, 5.74) is 13.9. The molecular formula is C51H35N5. The van der Waals surface area contributed by atoms with Crippen LogP contribution in [0.15, 0.2) is 201 Å². The quantitative estimate of drug-likeness (QED) is 0.154. The Hall–Kier alpha value is -7.63. The summed E-state index contributed by atoms with van der Waals surface area (Å²) >= 11 is 0. The van der Waals surface area contributed by atoms with Gasteiger partial charge in [0.15, 0.2) is 17.5 Å². The van der Waals surface area contributed by atoms with Gasteiger partial charge < -0.3 is 9.47 Å². The molecule has 0 amide bonds. The van der Waals surface area contributed by atoms with Gasteiger partial charge in [0.05, 0.1) is 22.4 Å². The number of hydrogen-bond donors (Lipinski definition) is 0. The van der Waals surface area contributed by atoms with E-state index in [0.717, 1.165) is 50.6 Å². The largest absolute Gasteiger partial charge is 0.309 e. The molecule has 7 aromatic carbocycles. The number of rotatable bonds is 7. The van der Waals surface area contributed by atoms with E-state index < -0.39 is 0 Å². The SMILES string of the molecule is C=C/C=C(\C=C)c1nc(-c2ccccc2)nc(-c2cccc(N3c4ccccc4-c4ccc5c6ccccc6n(-c6ccccc6)c5c4-c4ccccc43)c2)n1. The standard InChI is InChI=1S/C51H35N5/c1-3-18-34(4-2)49-52-50(35-19-7-5-8-20-35)54-51(53-49)36-21-17-24-38(33-36)55-44-28-14-11-25-39(44)41-31-32-42-40-26-12-15-29-45(40)56(37-22-9-6-10-23-37)48(42)47(41)43-27-13-16-30-46(43)55/h3-33H,1-2H2/b34-18+. The first-order chi connectivity index (χ1) is 27.7. The minimum Gasteiger partial charge on any atom is -0.309 e. The van der Waals surface area contributed by atoms with Gasteiger partial charge in [-0.15, -0.1) is 0 Å². The van der Waals surface area contributed by atoms with E-state index in [1.807, 2.05) is 36.4 Å². The number of benzene rings is 7. The predicted octanol–water partition coefficient (Wildman–Crippen LogP) is 13.2. The van der Waals surface area contributed by atoms with Gasteiger partial charge in [-0.05, 0) is 48.0 Å². The lowest BCUT2D eigenvalue weighted by Crippen LogP contribution is -2.11. The van der Waals surface area contributed by atoms with Crippen molar-refractivity contribution in [3.63, 3.8) is 0 Å². The topological polar surface area (TPSA) is 46.8 Å². The fourth-order valence-electron chi connectivity index (χ4n) is 8.08. The van der Waals surface area contributed by atoms with Crippen molar-refractivity contribution in [2.75, 3.05) is 4.90 Å². The average molecular weight is 718 g/mol. The van der Waals surface area contributed by atoms with Crippen LogP contribution in [0.1, 0.15) is 5.82 Å². The van der Waals surface area contributed by atoms with Crippen molar-refractivity contribution in [1.82, 2.24) is 19.5 Å². The van der Waals surface area contributed by atoms with Gasteiger partial charge in [-0.2, -0.15) is 0 Å². The summed E-state index contributed by atoms with van der Waals surface area (Å²) in [7, 11) is 0. The number of para-hydroxylation sites is 4. The van der Waals surface area contributed by atoms with Crippen LogP contribution >= 0.6 is 0 Å². The van der Waals surface area contributed by atoms with E-state index in [4.69, 9.17) is 15.0 Å². The first-order valence-corrected chi connectivity index (χ1v) is 18.7. The van der Waals surface area contributed by atoms with Crippen LogP contribution in [0.3, 0.4) is 0 Å². The van der Waals surface area contributed by atoms with Gasteiger partial charge in [0.2, 0.25) is 0 Å². The van der Waals surface area contributed by atoms with Gasteiger partial charge in [0, 0.05) is 55.5 Å². The van der Waals surface area contributed by atoms with Crippen molar-refractivity contribution < 1.29 is 0 Å². The van der Waals surface area contributed by atoms with Crippen molar-refractivity contribution in [1.29, 1.82) is 0 Å². The second-order valence-corrected chi connectivity index (χ2v) is 13.7. The molecule has 5 heteroatoms. The van der Waals surface area contributed by atoms with E-state index in [1.165, 1.54) is 32.9 Å². The molecule has 0 bridgehead atoms. The molecule has 10 rings (SSSR count). The van der Waals surface area contributed by atoms with E-state index in [0.29, 0.717) is 17.5 Å². The molecule has 9 aromatic rings. The Labute approximate surface area is 325 Å². The van der Waals surface area contributed by atoms with E-state index >= 15 is 0 Å². The summed E-state index contributed by atoms with van der Waals surface area (Å²) in [5.74, 6) is 1.70. The van der Waals surface area contributed by atoms with Gasteiger partial charge >= 0.3 is 0 Å². The third-order valence-corrected chi connectivity index (χ3v) is 10.5. The summed E-state index contributed by atoms with van der Waals surface area (Å²) < 4.78 is 2.43. The van der Waals surface area contributed by atoms with Crippen LogP contribution in [0, 0.1) is 0 Å². The molecule has 2 aromatic heterocycles. The minimum atomic E-state index is 0.535. The van der Waals surface area contributed by atoms with Crippen LogP contribution < -0.4 is 4.90 Å². The molecule has 0 saturated carbocycles. The van der Waals surface area contributed by atoms with Crippen molar-refractivity contribution >= 4 is 44.4 Å². The number of aromatic nitrogens is 4. The van der Waals surface area contributed by atoms with E-state index in [2.05, 4.69) is 162 Å². The van der Waals surface area contributed by atoms with Crippen molar-refractivity contribution in [3.8, 4) is 50.7 Å². The monoisotopic (exact) mass is 717 g/mol. The molecule has 0 aliphatic carbocycles. The zero-order valence-corrected chi connectivity index (χ0v) is 30.5. The zero-order valence-electron chi connectivity index (χ0n) is 30.5. The number of fused-ring (bicyclic) bond motifs is 9. The molecule has 56 heavy (non-hydrogen) atoms. The molecule has 0 atom stereocenters. The second kappa shape index (κ2) is 13.7. The minimum absolute atomic E-state index is 0.535. The summed E-state index contributed by atoms with van der Waals surface area (Å²) in [4.78, 5) is 17.3. The maximum absolute atomic E-state index is 5.04. The third-order valence-electron chi connectivity index (χ3n) is 10.5. The Morgan fingerprint density at radius 2 is 1.12 bits per heavy atom. The Bertz CT molecular complexity index is 3010. The number of allylic oxidation sites excluding steroid dienone is 4. The van der Waals surface area contributed by atoms with Crippen LogP contribution in [0.5, 0.6) is 0 Å². The Kier molecular flexibility index (Phi) is 8.04. The van der Waals surface area contributed by atoms with Crippen LogP contribution in [0.2, 0.25) is 0 Å². The third kappa shape index (κ3) is 5.37. The van der Waals surface area contributed by atoms with Crippen LogP contribution in [-0.2, 0) is 0 Å². The maximum Gasteiger partial charge on any atom is 0.164 e. The molecule has 264 valence electrons. The maximum atomic E-state index is 5.04. The first-order valence-electron chi connectivity index (χ1n) is 18.7. The molecule has 0 unspecified atom stereocenters. The molecule has 0 fully saturated rings. The number of hydrogen-bond acceptors (Lipinski definition) is 4. The van der Waals surface area contributed by atoms with E-state index in [1.54, 1.807) is 12.2 Å². The lowest BCUT2D eigenvalue weighted by atomic mass is 9.92. The molecule has 1 aliphatic rings. The molecule has 0 saturated heterocycles. The van der Waals surface area contributed by atoms with Gasteiger partial charge in [0.25, 0.3) is 0 Å². The molecule has 0 N–H and O–H groups in total. The number of anilines is 3. The van der Waals surface area contributed by atoms with Crippen molar-refractivity contribution in [3.05, 3.63) is 207 Å². The highest BCUT2D eigenvalue weighted by molar-refractivity contribution is 6.19. The highest BCUT2D eigenvalue weighted by Gasteiger charge is 2.29. The Balaban J connectivity index is 1.23. The lowest BCUT2D eigenvalue weighted by molar-refractivity contribution is 1.04. The Morgan fingerprint density at radius 3 is 1.89 bits per heavy atom. The molecule has 0 radical (unpaired) electrons. The van der Waals surface area contributed by atoms with Gasteiger partial charge in [-0.1, -0.05) is 159 Å². The van der Waals surface area contributed by atoms with E-state index in [9.17, 15) is 0 Å². The smallest absolute Gasteiger partial charge is 0.164 e. The molecule has 1 aliphatic heterocycles. The predicted molar refractivity (Wildman–Crippen MR) is 233 cm³/mol. The highest BCUT2D eigenvalue weighted by atomic mass is 15.2. The zero-order chi connectivity index (χ0) is 37.6. The fraction of sp³-hybridized carbons (Fsp3) is 0. The van der Waals surface area contributed by atoms with Gasteiger partial charge in [0.1, 0.15) is 0 Å². The van der Waals surface area contributed by atoms with Crippen LogP contribution in [-0.4, -0.2) is 19.5 Å². The van der Waals surface area contributed by atoms with Crippen LogP contribution in [0.4, 0.5) is 17.1 Å². The molecular weight excluding hydrogens is 683 g/mol. The fourth-order valence-corrected chi connectivity index (χ4v) is 8.08. The van der Waals surface area contributed by atoms with Crippen molar-refractivity contribution in [2.24, 2.45) is 0 Å². The van der Waals surface area contributed by atoms with Gasteiger partial charge in [-0.25, -0.2) is 15.0 Å². The van der Waals surface area contributed by atoms with Gasteiger partial charge in [-0.3, -0.25) is 0 Å². The molecule has 0 spiro atoms. The normalized spacial score (nSPS) is 12.1. The highest BCUT2D eigenvalue weighted by Crippen LogP contribution is 2.54. The molecule has 5 nitrogen and oxygen atoms in total. The summed E-state index contributed by atoms with van der Waals surface area (Å²) in [5, 5.41) is 2.44. The van der Waals surface area contributed by atoms with Crippen molar-refractivity contribution in [2.45, 2.75) is 0 Å². The molecule has 3 heterocycles. The summed E-state index contributed by atoms with van der Waals surface area (Å²) in [6, 6.07) is 60.0. The lowest BCUT2D eigenvalue weighted by Gasteiger charge is -2.27. The second-order valence-electron chi connectivity index (χ2n) is 13.7. The average Bonchev–Trinajstić information content (AvgIpc) is 3.54. The Morgan fingerprint density at radius 1 is 0.500 bits per heavy atom.